The summed E-state index contributed by atoms with van der Waals surface area (Å²) in [6.45, 7) is 3.50. The van der Waals surface area contributed by atoms with Gasteiger partial charge in [0.15, 0.2) is 0 Å². The van der Waals surface area contributed by atoms with Crippen LogP contribution in [0, 0.1) is 19.8 Å². The second-order valence-electron chi connectivity index (χ2n) is 5.29. The molecule has 8 heteroatoms. The van der Waals surface area contributed by atoms with E-state index in [0.29, 0.717) is 18.2 Å². The molecule has 0 unspecified atom stereocenters. The van der Waals surface area contributed by atoms with Gasteiger partial charge in [-0.25, -0.2) is 17.9 Å². The number of aromatic carboxylic acids is 1. The van der Waals surface area contributed by atoms with E-state index in [9.17, 15) is 13.2 Å². The molecule has 1 aliphatic heterocycles. The Labute approximate surface area is 128 Å². The minimum atomic E-state index is -3.69. The predicted molar refractivity (Wildman–Crippen MR) is 82.5 cm³/mol. The third-order valence-corrected chi connectivity index (χ3v) is 6.50. The Hall–Kier alpha value is -0.990. The van der Waals surface area contributed by atoms with Gasteiger partial charge in [-0.05, 0) is 44.1 Å². The molecule has 0 atom stereocenters. The first-order chi connectivity index (χ1) is 9.83. The van der Waals surface area contributed by atoms with Crippen molar-refractivity contribution >= 4 is 27.8 Å². The number of nitrogens with one attached hydrogen (secondary N) is 2. The summed E-state index contributed by atoms with van der Waals surface area (Å²) in [7, 11) is -3.69. The van der Waals surface area contributed by atoms with Gasteiger partial charge in [-0.15, -0.1) is 0 Å². The Morgan fingerprint density at radius 3 is 2.52 bits per heavy atom. The second kappa shape index (κ2) is 6.41. The lowest BCUT2D eigenvalue weighted by atomic mass is 10.0. The molecule has 1 aromatic rings. The van der Waals surface area contributed by atoms with Crippen LogP contribution in [0.1, 0.15) is 34.6 Å². The molecule has 0 spiro atoms. The van der Waals surface area contributed by atoms with Crippen LogP contribution < -0.4 is 4.72 Å². The summed E-state index contributed by atoms with van der Waals surface area (Å²) in [5, 5.41) is 9.05. The van der Waals surface area contributed by atoms with E-state index in [-0.39, 0.29) is 16.2 Å². The number of rotatable bonds is 5. The zero-order valence-electron chi connectivity index (χ0n) is 12.1. The first kappa shape index (κ1) is 16.4. The van der Waals surface area contributed by atoms with E-state index < -0.39 is 16.0 Å². The molecule has 1 aliphatic rings. The Morgan fingerprint density at radius 1 is 1.38 bits per heavy atom. The lowest BCUT2D eigenvalue weighted by molar-refractivity contribution is 0.0690. The lowest BCUT2D eigenvalue weighted by Crippen LogP contribution is -2.31. The molecule has 3 N–H and O–H groups in total. The van der Waals surface area contributed by atoms with Gasteiger partial charge in [-0.3, -0.25) is 0 Å². The third-order valence-electron chi connectivity index (χ3n) is 3.75. The van der Waals surface area contributed by atoms with Crippen LogP contribution >= 0.6 is 11.8 Å². The Bertz CT molecular complexity index is 631. The molecule has 0 amide bonds. The third kappa shape index (κ3) is 3.61. The van der Waals surface area contributed by atoms with Gasteiger partial charge in [0.1, 0.15) is 10.6 Å². The average Bonchev–Trinajstić information content (AvgIpc) is 2.74. The SMILES string of the molecule is Cc1[nH]c(C(=O)O)c(C)c1S(=O)(=O)NCC1CCSCC1. The molecule has 1 aromatic heterocycles. The van der Waals surface area contributed by atoms with Crippen molar-refractivity contribution in [1.29, 1.82) is 0 Å². The molecule has 21 heavy (non-hydrogen) atoms. The zero-order valence-corrected chi connectivity index (χ0v) is 13.7. The fourth-order valence-electron chi connectivity index (χ4n) is 2.60. The molecule has 2 heterocycles. The smallest absolute Gasteiger partial charge is 0.352 e. The van der Waals surface area contributed by atoms with E-state index in [4.69, 9.17) is 5.11 Å². The fourth-order valence-corrected chi connectivity index (χ4v) is 5.36. The zero-order chi connectivity index (χ0) is 15.6. The van der Waals surface area contributed by atoms with Crippen molar-refractivity contribution in [1.82, 2.24) is 9.71 Å². The number of H-pyrrole nitrogens is 1. The van der Waals surface area contributed by atoms with Gasteiger partial charge in [0.25, 0.3) is 0 Å². The molecule has 2 rings (SSSR count). The maximum atomic E-state index is 12.4. The van der Waals surface area contributed by atoms with E-state index >= 15 is 0 Å². The number of sulfonamides is 1. The molecule has 0 aromatic carbocycles. The number of hydrogen-bond donors (Lipinski definition) is 3. The van der Waals surface area contributed by atoms with Crippen LogP contribution in [0.25, 0.3) is 0 Å². The van der Waals surface area contributed by atoms with Crippen LogP contribution in [0.15, 0.2) is 4.90 Å². The lowest BCUT2D eigenvalue weighted by Gasteiger charge is -2.21. The molecule has 0 aliphatic carbocycles. The van der Waals surface area contributed by atoms with Crippen LogP contribution in [0.4, 0.5) is 0 Å². The number of aromatic amines is 1. The molecular weight excluding hydrogens is 312 g/mol. The minimum absolute atomic E-state index is 0.0603. The molecule has 6 nitrogen and oxygen atoms in total. The Kier molecular flexibility index (Phi) is 5.00. The summed E-state index contributed by atoms with van der Waals surface area (Å²) < 4.78 is 27.5. The first-order valence-corrected chi connectivity index (χ1v) is 9.46. The summed E-state index contributed by atoms with van der Waals surface area (Å²) in [6.07, 6.45) is 2.03. The quantitative estimate of drug-likeness (QED) is 0.763. The van der Waals surface area contributed by atoms with E-state index in [1.165, 1.54) is 6.92 Å². The van der Waals surface area contributed by atoms with E-state index in [1.807, 2.05) is 11.8 Å². The number of hydrogen-bond acceptors (Lipinski definition) is 4. The van der Waals surface area contributed by atoms with E-state index in [2.05, 4.69) is 9.71 Å². The largest absolute Gasteiger partial charge is 0.477 e. The van der Waals surface area contributed by atoms with Crippen molar-refractivity contribution in [3.05, 3.63) is 17.0 Å². The number of aryl methyl sites for hydroxylation is 1. The number of carbonyl (C=O) groups is 1. The maximum absolute atomic E-state index is 12.4. The molecule has 0 bridgehead atoms. The van der Waals surface area contributed by atoms with Crippen LogP contribution in [0.5, 0.6) is 0 Å². The number of carboxylic acid groups (broad SMARTS) is 1. The van der Waals surface area contributed by atoms with Crippen LogP contribution in [-0.2, 0) is 10.0 Å². The van der Waals surface area contributed by atoms with Gasteiger partial charge in [-0.1, -0.05) is 0 Å². The van der Waals surface area contributed by atoms with E-state index in [1.54, 1.807) is 6.92 Å². The summed E-state index contributed by atoms with van der Waals surface area (Å²) in [5.41, 5.74) is 0.547. The molecular formula is C13H20N2O4S2. The second-order valence-corrected chi connectivity index (χ2v) is 8.22. The summed E-state index contributed by atoms with van der Waals surface area (Å²) in [5.74, 6) is 1.34. The minimum Gasteiger partial charge on any atom is -0.477 e. The standard InChI is InChI=1S/C13H20N2O4S2/c1-8-11(13(16)17)15-9(2)12(8)21(18,19)14-7-10-3-5-20-6-4-10/h10,14-15H,3-7H2,1-2H3,(H,16,17). The molecule has 1 saturated heterocycles. The van der Waals surface area contributed by atoms with Gasteiger partial charge in [0.2, 0.25) is 10.0 Å². The van der Waals surface area contributed by atoms with Gasteiger partial charge in [0.05, 0.1) is 0 Å². The van der Waals surface area contributed by atoms with Crippen molar-refractivity contribution in [2.45, 2.75) is 31.6 Å². The highest BCUT2D eigenvalue weighted by molar-refractivity contribution is 7.99. The van der Waals surface area contributed by atoms with Crippen molar-refractivity contribution in [3.8, 4) is 0 Å². The normalized spacial score (nSPS) is 17.0. The van der Waals surface area contributed by atoms with Crippen molar-refractivity contribution < 1.29 is 18.3 Å². The highest BCUT2D eigenvalue weighted by Crippen LogP contribution is 2.25. The van der Waals surface area contributed by atoms with Gasteiger partial charge in [-0.2, -0.15) is 11.8 Å². The summed E-state index contributed by atoms with van der Waals surface area (Å²) in [4.78, 5) is 13.8. The predicted octanol–water partition coefficient (Wildman–Crippen LogP) is 1.75. The number of aromatic nitrogens is 1. The van der Waals surface area contributed by atoms with Crippen molar-refractivity contribution in [2.24, 2.45) is 5.92 Å². The monoisotopic (exact) mass is 332 g/mol. The van der Waals surface area contributed by atoms with Crippen LogP contribution in [-0.4, -0.2) is 42.5 Å². The first-order valence-electron chi connectivity index (χ1n) is 6.82. The van der Waals surface area contributed by atoms with Crippen LogP contribution in [0.2, 0.25) is 0 Å². The Morgan fingerprint density at radius 2 is 2.00 bits per heavy atom. The fraction of sp³-hybridized carbons (Fsp3) is 0.615. The number of carboxylic acids is 1. The Balaban J connectivity index is 2.17. The van der Waals surface area contributed by atoms with Gasteiger partial charge < -0.3 is 10.1 Å². The van der Waals surface area contributed by atoms with Crippen molar-refractivity contribution in [2.75, 3.05) is 18.1 Å². The average molecular weight is 332 g/mol. The topological polar surface area (TPSA) is 99.3 Å². The highest BCUT2D eigenvalue weighted by Gasteiger charge is 2.27. The summed E-state index contributed by atoms with van der Waals surface area (Å²) >= 11 is 1.89. The van der Waals surface area contributed by atoms with Crippen LogP contribution in [0.3, 0.4) is 0 Å². The van der Waals surface area contributed by atoms with Crippen molar-refractivity contribution in [3.63, 3.8) is 0 Å². The molecule has 1 fully saturated rings. The molecule has 118 valence electrons. The highest BCUT2D eigenvalue weighted by atomic mass is 32.2. The molecule has 0 saturated carbocycles. The van der Waals surface area contributed by atoms with Gasteiger partial charge >= 0.3 is 5.97 Å². The maximum Gasteiger partial charge on any atom is 0.352 e. The summed E-state index contributed by atoms with van der Waals surface area (Å²) in [6, 6.07) is 0. The van der Waals surface area contributed by atoms with Gasteiger partial charge in [0, 0.05) is 17.8 Å². The number of thioether (sulfide) groups is 1. The van der Waals surface area contributed by atoms with E-state index in [0.717, 1.165) is 24.3 Å². The molecule has 0 radical (unpaired) electrons.